The maximum Gasteiger partial charge on any atom is 0.410 e. The van der Waals surface area contributed by atoms with Crippen molar-refractivity contribution < 1.29 is 9.53 Å². The van der Waals surface area contributed by atoms with Crippen molar-refractivity contribution in [2.45, 2.75) is 58.5 Å². The highest BCUT2D eigenvalue weighted by Gasteiger charge is 2.45. The SMILES string of the molecule is C=Cc1ccc2[nH]c(C3C[Si](C)(C)CN3C(=O)OC(C)(C)C)nc2c1C. The Kier molecular flexibility index (Phi) is 4.51. The molecule has 1 atom stereocenters. The zero-order valence-corrected chi connectivity index (χ0v) is 17.6. The first-order chi connectivity index (χ1) is 12.0. The largest absolute Gasteiger partial charge is 0.444 e. The van der Waals surface area contributed by atoms with E-state index in [1.165, 1.54) is 0 Å². The van der Waals surface area contributed by atoms with Gasteiger partial charge in [0.2, 0.25) is 0 Å². The molecule has 26 heavy (non-hydrogen) atoms. The van der Waals surface area contributed by atoms with Gasteiger partial charge in [-0.2, -0.15) is 0 Å². The Labute approximate surface area is 156 Å². The molecule has 1 aliphatic heterocycles. The number of carbonyl (C=O) groups is 1. The van der Waals surface area contributed by atoms with Crippen LogP contribution in [0.4, 0.5) is 4.79 Å². The molecule has 5 nitrogen and oxygen atoms in total. The lowest BCUT2D eigenvalue weighted by Gasteiger charge is -2.28. The minimum Gasteiger partial charge on any atom is -0.444 e. The zero-order chi connectivity index (χ0) is 19.3. The standard InChI is InChI=1S/C20H29N3O2Si/c1-8-14-9-10-15-17(13(14)2)22-18(21-15)16-11-26(6,7)12-23(16)19(24)25-20(3,4)5/h8-10,16H,1,11-12H2,2-7H3,(H,21,22). The third-order valence-corrected chi connectivity index (χ3v) is 7.54. The Bertz CT molecular complexity index is 864. The predicted octanol–water partition coefficient (Wildman–Crippen LogP) is 5.05. The number of amides is 1. The van der Waals surface area contributed by atoms with Crippen LogP contribution in [-0.2, 0) is 4.74 Å². The van der Waals surface area contributed by atoms with Crippen LogP contribution in [0, 0.1) is 6.92 Å². The van der Waals surface area contributed by atoms with Crippen LogP contribution in [0.2, 0.25) is 19.1 Å². The fourth-order valence-corrected chi connectivity index (χ4v) is 6.51. The molecule has 1 N–H and O–H groups in total. The summed E-state index contributed by atoms with van der Waals surface area (Å²) in [4.78, 5) is 23.0. The quantitative estimate of drug-likeness (QED) is 0.751. The third-order valence-electron chi connectivity index (χ3n) is 4.85. The van der Waals surface area contributed by atoms with Crippen molar-refractivity contribution in [3.8, 4) is 0 Å². The monoisotopic (exact) mass is 371 g/mol. The fraction of sp³-hybridized carbons (Fsp3) is 0.500. The zero-order valence-electron chi connectivity index (χ0n) is 16.6. The van der Waals surface area contributed by atoms with Crippen LogP contribution in [0.15, 0.2) is 18.7 Å². The van der Waals surface area contributed by atoms with Crippen molar-refractivity contribution in [3.63, 3.8) is 0 Å². The number of fused-ring (bicyclic) bond motifs is 1. The molecule has 6 heteroatoms. The van der Waals surface area contributed by atoms with E-state index in [0.717, 1.165) is 40.2 Å². The number of hydrogen-bond acceptors (Lipinski definition) is 3. The molecule has 3 rings (SSSR count). The molecular formula is C20H29N3O2Si. The van der Waals surface area contributed by atoms with Gasteiger partial charge in [-0.25, -0.2) is 9.78 Å². The van der Waals surface area contributed by atoms with E-state index in [9.17, 15) is 4.79 Å². The minimum atomic E-state index is -1.52. The molecule has 1 fully saturated rings. The highest BCUT2D eigenvalue weighted by molar-refractivity contribution is 6.78. The average molecular weight is 372 g/mol. The molecular weight excluding hydrogens is 342 g/mol. The van der Waals surface area contributed by atoms with Crippen LogP contribution >= 0.6 is 0 Å². The summed E-state index contributed by atoms with van der Waals surface area (Å²) in [6.45, 7) is 16.3. The van der Waals surface area contributed by atoms with Crippen LogP contribution in [-0.4, -0.2) is 40.8 Å². The summed E-state index contributed by atoms with van der Waals surface area (Å²) >= 11 is 0. The molecule has 1 aromatic heterocycles. The minimum absolute atomic E-state index is 0.0505. The molecule has 0 bridgehead atoms. The number of aromatic nitrogens is 2. The number of hydrogen-bond donors (Lipinski definition) is 1. The third kappa shape index (κ3) is 3.56. The summed E-state index contributed by atoms with van der Waals surface area (Å²) < 4.78 is 5.66. The Balaban J connectivity index is 2.00. The molecule has 0 saturated carbocycles. The number of aryl methyl sites for hydroxylation is 1. The lowest BCUT2D eigenvalue weighted by molar-refractivity contribution is 0.0229. The lowest BCUT2D eigenvalue weighted by Crippen LogP contribution is -2.39. The van der Waals surface area contributed by atoms with E-state index in [0.29, 0.717) is 0 Å². The topological polar surface area (TPSA) is 58.2 Å². The first kappa shape index (κ1) is 18.7. The number of ether oxygens (including phenoxy) is 1. The van der Waals surface area contributed by atoms with E-state index in [1.807, 2.05) is 43.9 Å². The molecule has 1 amide bonds. The summed E-state index contributed by atoms with van der Waals surface area (Å²) in [5, 5.41) is 0. The Morgan fingerprint density at radius 2 is 2.12 bits per heavy atom. The number of rotatable bonds is 2. The molecule has 1 aromatic carbocycles. The van der Waals surface area contributed by atoms with Gasteiger partial charge in [0.05, 0.1) is 25.1 Å². The first-order valence-electron chi connectivity index (χ1n) is 9.12. The summed E-state index contributed by atoms with van der Waals surface area (Å²) in [7, 11) is -1.52. The second-order valence-electron chi connectivity index (χ2n) is 8.99. The van der Waals surface area contributed by atoms with Crippen molar-refractivity contribution in [1.82, 2.24) is 14.9 Å². The highest BCUT2D eigenvalue weighted by Crippen LogP contribution is 2.38. The van der Waals surface area contributed by atoms with Gasteiger partial charge in [0.15, 0.2) is 0 Å². The normalized spacial score (nSPS) is 19.8. The van der Waals surface area contributed by atoms with E-state index in [4.69, 9.17) is 9.72 Å². The average Bonchev–Trinajstić information content (AvgIpc) is 3.07. The van der Waals surface area contributed by atoms with Crippen LogP contribution < -0.4 is 0 Å². The van der Waals surface area contributed by atoms with Crippen molar-refractivity contribution in [1.29, 1.82) is 0 Å². The molecule has 0 spiro atoms. The van der Waals surface area contributed by atoms with E-state index in [1.54, 1.807) is 0 Å². The summed E-state index contributed by atoms with van der Waals surface area (Å²) in [6, 6.07) is 5.02. The molecule has 2 aromatic rings. The van der Waals surface area contributed by atoms with Crippen LogP contribution in [0.25, 0.3) is 17.1 Å². The first-order valence-corrected chi connectivity index (χ1v) is 12.5. The van der Waals surface area contributed by atoms with Gasteiger partial charge < -0.3 is 14.6 Å². The Morgan fingerprint density at radius 1 is 1.42 bits per heavy atom. The lowest BCUT2D eigenvalue weighted by atomic mass is 10.1. The second-order valence-corrected chi connectivity index (χ2v) is 14.0. The van der Waals surface area contributed by atoms with Gasteiger partial charge in [-0.3, -0.25) is 0 Å². The number of aromatic amines is 1. The molecule has 1 aliphatic rings. The summed E-state index contributed by atoms with van der Waals surface area (Å²) in [5.74, 6) is 0.855. The van der Waals surface area contributed by atoms with Gasteiger partial charge in [-0.05, 0) is 50.9 Å². The summed E-state index contributed by atoms with van der Waals surface area (Å²) in [6.07, 6.45) is 2.40. The molecule has 1 saturated heterocycles. The second kappa shape index (κ2) is 6.27. The van der Waals surface area contributed by atoms with Gasteiger partial charge in [-0.1, -0.05) is 31.8 Å². The summed E-state index contributed by atoms with van der Waals surface area (Å²) in [5.41, 5.74) is 3.64. The number of carbonyl (C=O) groups excluding carboxylic acids is 1. The number of nitrogens with one attached hydrogen (secondary N) is 1. The van der Waals surface area contributed by atoms with Crippen LogP contribution in [0.5, 0.6) is 0 Å². The molecule has 0 radical (unpaired) electrons. The smallest absolute Gasteiger partial charge is 0.410 e. The van der Waals surface area contributed by atoms with Crippen LogP contribution in [0.3, 0.4) is 0 Å². The van der Waals surface area contributed by atoms with E-state index in [2.05, 4.69) is 31.6 Å². The number of H-pyrrole nitrogens is 1. The molecule has 2 heterocycles. The van der Waals surface area contributed by atoms with Gasteiger partial charge >= 0.3 is 6.09 Å². The number of benzene rings is 1. The van der Waals surface area contributed by atoms with Gasteiger partial charge in [0.1, 0.15) is 11.4 Å². The molecule has 0 aliphatic carbocycles. The molecule has 1 unspecified atom stereocenters. The maximum atomic E-state index is 12.8. The van der Waals surface area contributed by atoms with Crippen molar-refractivity contribution >= 4 is 31.3 Å². The van der Waals surface area contributed by atoms with Gasteiger partial charge in [0, 0.05) is 6.17 Å². The fourth-order valence-electron chi connectivity index (χ4n) is 3.65. The maximum absolute atomic E-state index is 12.8. The Hall–Kier alpha value is -2.08. The van der Waals surface area contributed by atoms with E-state index < -0.39 is 13.7 Å². The van der Waals surface area contributed by atoms with Crippen molar-refractivity contribution in [3.05, 3.63) is 35.7 Å². The highest BCUT2D eigenvalue weighted by atomic mass is 28.3. The van der Waals surface area contributed by atoms with E-state index >= 15 is 0 Å². The van der Waals surface area contributed by atoms with E-state index in [-0.39, 0.29) is 12.1 Å². The Morgan fingerprint density at radius 3 is 2.73 bits per heavy atom. The van der Waals surface area contributed by atoms with Crippen LogP contribution in [0.1, 0.15) is 43.8 Å². The number of nitrogens with zero attached hydrogens (tertiary/aromatic N) is 2. The van der Waals surface area contributed by atoms with Crippen molar-refractivity contribution in [2.24, 2.45) is 0 Å². The van der Waals surface area contributed by atoms with Crippen molar-refractivity contribution in [2.75, 3.05) is 6.17 Å². The van der Waals surface area contributed by atoms with Gasteiger partial charge in [0.25, 0.3) is 0 Å². The molecule has 140 valence electrons. The van der Waals surface area contributed by atoms with Gasteiger partial charge in [-0.15, -0.1) is 0 Å². The number of imidazole rings is 1. The predicted molar refractivity (Wildman–Crippen MR) is 109 cm³/mol.